The smallest absolute Gasteiger partial charge is 0.282 e. The molecule has 0 bridgehead atoms. The summed E-state index contributed by atoms with van der Waals surface area (Å²) in [6.45, 7) is 4.14. The summed E-state index contributed by atoms with van der Waals surface area (Å²) < 4.78 is 6.71. The van der Waals surface area contributed by atoms with Crippen molar-refractivity contribution in [2.75, 3.05) is 6.61 Å². The zero-order valence-corrected chi connectivity index (χ0v) is 14.1. The van der Waals surface area contributed by atoms with Gasteiger partial charge in [0.1, 0.15) is 0 Å². The predicted molar refractivity (Wildman–Crippen MR) is 91.1 cm³/mol. The van der Waals surface area contributed by atoms with E-state index in [9.17, 15) is 9.90 Å². The number of fused-ring (bicyclic) bond motifs is 1. The van der Waals surface area contributed by atoms with Gasteiger partial charge in [-0.15, -0.1) is 10.2 Å². The topological polar surface area (TPSA) is 114 Å². The maximum absolute atomic E-state index is 12.9. The van der Waals surface area contributed by atoms with Gasteiger partial charge in [-0.3, -0.25) is 4.79 Å². The number of benzene rings is 1. The van der Waals surface area contributed by atoms with Crippen molar-refractivity contribution in [3.63, 3.8) is 0 Å². The van der Waals surface area contributed by atoms with E-state index < -0.39 is 6.10 Å². The molecule has 0 saturated heterocycles. The molecule has 132 valence electrons. The molecule has 0 aliphatic heterocycles. The Morgan fingerprint density at radius 2 is 2.00 bits per heavy atom. The number of rotatable bonds is 6. The van der Waals surface area contributed by atoms with Gasteiger partial charge in [0.05, 0.1) is 17.1 Å². The predicted octanol–water partition coefficient (Wildman–Crippen LogP) is 1.20. The van der Waals surface area contributed by atoms with Crippen LogP contribution in [0.4, 0.5) is 0 Å². The fraction of sp³-hybridized carbons (Fsp3) is 0.412. The lowest BCUT2D eigenvalue weighted by Crippen LogP contribution is -2.26. The first-order valence-electron chi connectivity index (χ1n) is 8.08. The first-order valence-corrected chi connectivity index (χ1v) is 8.08. The Balaban J connectivity index is 2.15. The molecular weight excluding hydrogens is 324 g/mol. The molecule has 3 aromatic rings. The summed E-state index contributed by atoms with van der Waals surface area (Å²) in [6, 6.07) is 3.82. The summed E-state index contributed by atoms with van der Waals surface area (Å²) in [6.07, 6.45) is 1.08. The summed E-state index contributed by atoms with van der Waals surface area (Å²) in [4.78, 5) is 17.3. The minimum Gasteiger partial charge on any atom is -0.422 e. The minimum atomic E-state index is -0.682. The van der Waals surface area contributed by atoms with Gasteiger partial charge in [-0.25, -0.2) is 4.98 Å². The molecule has 0 amide bonds. The van der Waals surface area contributed by atoms with E-state index in [1.807, 2.05) is 26.0 Å². The van der Waals surface area contributed by atoms with E-state index in [2.05, 4.69) is 15.2 Å². The van der Waals surface area contributed by atoms with Gasteiger partial charge < -0.3 is 19.2 Å². The van der Waals surface area contributed by atoms with Gasteiger partial charge in [0, 0.05) is 13.2 Å². The normalized spacial score (nSPS) is 12.6. The molecule has 25 heavy (non-hydrogen) atoms. The van der Waals surface area contributed by atoms with Crippen molar-refractivity contribution in [3.8, 4) is 11.6 Å². The molecule has 2 N–H and O–H groups in total. The van der Waals surface area contributed by atoms with Crippen molar-refractivity contribution < 1.29 is 14.6 Å². The van der Waals surface area contributed by atoms with Crippen LogP contribution in [0, 0.1) is 13.8 Å². The maximum Gasteiger partial charge on any atom is 0.282 e. The van der Waals surface area contributed by atoms with E-state index in [1.54, 1.807) is 4.57 Å². The summed E-state index contributed by atoms with van der Waals surface area (Å²) in [5.41, 5.74) is 3.17. The van der Waals surface area contributed by atoms with Crippen LogP contribution in [-0.4, -0.2) is 42.7 Å². The molecule has 0 fully saturated rings. The average Bonchev–Trinajstić information content (AvgIpc) is 3.10. The van der Waals surface area contributed by atoms with E-state index in [1.165, 1.54) is 0 Å². The van der Waals surface area contributed by atoms with E-state index in [-0.39, 0.29) is 30.2 Å². The van der Waals surface area contributed by atoms with Gasteiger partial charge in [-0.05, 0) is 49.9 Å². The Morgan fingerprint density at radius 1 is 1.24 bits per heavy atom. The van der Waals surface area contributed by atoms with Crippen molar-refractivity contribution in [3.05, 3.63) is 40.0 Å². The summed E-state index contributed by atoms with van der Waals surface area (Å²) in [5.74, 6) is 0.0646. The summed E-state index contributed by atoms with van der Waals surface area (Å²) >= 11 is 0. The highest BCUT2D eigenvalue weighted by Crippen LogP contribution is 2.20. The third-order valence-electron chi connectivity index (χ3n) is 4.27. The Hall–Kier alpha value is -2.58. The second-order valence-corrected chi connectivity index (χ2v) is 6.04. The number of hydrogen-bond acceptors (Lipinski definition) is 7. The second kappa shape index (κ2) is 7.12. The lowest BCUT2D eigenvalue weighted by Gasteiger charge is -2.15. The molecule has 0 saturated carbocycles. The average molecular weight is 344 g/mol. The summed E-state index contributed by atoms with van der Waals surface area (Å²) in [7, 11) is 0. The number of aliphatic hydroxyl groups is 2. The molecule has 0 aliphatic rings. The lowest BCUT2D eigenvalue weighted by atomic mass is 10.1. The van der Waals surface area contributed by atoms with E-state index >= 15 is 0 Å². The van der Waals surface area contributed by atoms with Crippen LogP contribution >= 0.6 is 0 Å². The zero-order valence-electron chi connectivity index (χ0n) is 14.1. The first-order chi connectivity index (χ1) is 12.0. The molecule has 2 heterocycles. The van der Waals surface area contributed by atoms with Crippen LogP contribution < -0.4 is 5.56 Å². The highest BCUT2D eigenvalue weighted by Gasteiger charge is 2.18. The molecule has 1 atom stereocenters. The lowest BCUT2D eigenvalue weighted by molar-refractivity contribution is 0.121. The van der Waals surface area contributed by atoms with Gasteiger partial charge >= 0.3 is 0 Å². The third-order valence-corrected chi connectivity index (χ3v) is 4.27. The minimum absolute atomic E-state index is 0.0646. The van der Waals surface area contributed by atoms with Crippen molar-refractivity contribution in [1.82, 2.24) is 19.7 Å². The quantitative estimate of drug-likeness (QED) is 0.690. The van der Waals surface area contributed by atoms with E-state index in [0.717, 1.165) is 17.5 Å². The van der Waals surface area contributed by atoms with Gasteiger partial charge in [0.15, 0.2) is 5.69 Å². The molecule has 0 aliphatic carbocycles. The molecule has 8 heteroatoms. The Labute approximate surface area is 143 Å². The first kappa shape index (κ1) is 17.2. The fourth-order valence-electron chi connectivity index (χ4n) is 2.71. The van der Waals surface area contributed by atoms with Crippen LogP contribution in [0.1, 0.15) is 24.0 Å². The molecule has 0 radical (unpaired) electrons. The Bertz CT molecular complexity index is 934. The highest BCUT2D eigenvalue weighted by atomic mass is 16.4. The number of aromatic nitrogens is 4. The van der Waals surface area contributed by atoms with Crippen molar-refractivity contribution in [2.24, 2.45) is 0 Å². The van der Waals surface area contributed by atoms with E-state index in [0.29, 0.717) is 24.0 Å². The van der Waals surface area contributed by atoms with Crippen molar-refractivity contribution in [1.29, 1.82) is 0 Å². The molecule has 3 rings (SSSR count). The molecule has 1 unspecified atom stereocenters. The Morgan fingerprint density at radius 3 is 2.68 bits per heavy atom. The van der Waals surface area contributed by atoms with Crippen LogP contribution in [0.15, 0.2) is 27.7 Å². The molecule has 8 nitrogen and oxygen atoms in total. The molecular formula is C17H20N4O4. The number of aliphatic hydroxyl groups excluding tert-OH is 2. The van der Waals surface area contributed by atoms with Crippen LogP contribution in [0.2, 0.25) is 0 Å². The van der Waals surface area contributed by atoms with Crippen LogP contribution in [0.25, 0.3) is 22.6 Å². The summed E-state index contributed by atoms with van der Waals surface area (Å²) in [5, 5.41) is 26.2. The fourth-order valence-corrected chi connectivity index (χ4v) is 2.71. The highest BCUT2D eigenvalue weighted by molar-refractivity contribution is 5.78. The number of aryl methyl sites for hydroxylation is 3. The molecule has 2 aromatic heterocycles. The molecule has 1 aromatic carbocycles. The second-order valence-electron chi connectivity index (χ2n) is 6.04. The molecule has 0 spiro atoms. The van der Waals surface area contributed by atoms with Crippen LogP contribution in [-0.2, 0) is 6.54 Å². The van der Waals surface area contributed by atoms with Crippen LogP contribution in [0.3, 0.4) is 0 Å². The maximum atomic E-state index is 12.9. The van der Waals surface area contributed by atoms with E-state index in [4.69, 9.17) is 9.52 Å². The van der Waals surface area contributed by atoms with Gasteiger partial charge in [-0.1, -0.05) is 0 Å². The van der Waals surface area contributed by atoms with Gasteiger partial charge in [-0.2, -0.15) is 0 Å². The Kier molecular flexibility index (Phi) is 4.91. The van der Waals surface area contributed by atoms with Gasteiger partial charge in [0.2, 0.25) is 6.39 Å². The largest absolute Gasteiger partial charge is 0.422 e. The number of hydrogen-bond donors (Lipinski definition) is 2. The van der Waals surface area contributed by atoms with Crippen molar-refractivity contribution >= 4 is 11.0 Å². The monoisotopic (exact) mass is 344 g/mol. The SMILES string of the molecule is Cc1cc2nc(-c3nnco3)c(=O)n(CCC(O)CCO)c2cc1C. The van der Waals surface area contributed by atoms with Crippen molar-refractivity contribution in [2.45, 2.75) is 39.3 Å². The third kappa shape index (κ3) is 3.45. The van der Waals surface area contributed by atoms with Crippen LogP contribution in [0.5, 0.6) is 0 Å². The number of nitrogens with zero attached hydrogens (tertiary/aromatic N) is 4. The standard InChI is InChI=1S/C17H20N4O4/c1-10-7-13-14(8-11(10)2)21(5-3-12(23)4-6-22)17(24)15(19-13)16-20-18-9-25-16/h7-9,12,22-23H,3-6H2,1-2H3. The zero-order chi connectivity index (χ0) is 18.0. The van der Waals surface area contributed by atoms with Gasteiger partial charge in [0.25, 0.3) is 11.4 Å².